The van der Waals surface area contributed by atoms with Gasteiger partial charge in [0.2, 0.25) is 0 Å². The predicted octanol–water partition coefficient (Wildman–Crippen LogP) is 3.87. The number of amides is 1. The number of likely N-dealkylation sites (N-methyl/N-ethyl adjacent to an activating group) is 1. The molecule has 1 aromatic rings. The van der Waals surface area contributed by atoms with Crippen LogP contribution < -0.4 is 0 Å². The number of fused-ring (bicyclic) bond motifs is 1. The Hall–Kier alpha value is -2.44. The van der Waals surface area contributed by atoms with E-state index < -0.39 is 6.10 Å². The van der Waals surface area contributed by atoms with Gasteiger partial charge in [-0.05, 0) is 32.3 Å². The summed E-state index contributed by atoms with van der Waals surface area (Å²) < 4.78 is 6.04. The van der Waals surface area contributed by atoms with Gasteiger partial charge in [0.05, 0.1) is 5.57 Å². The highest BCUT2D eigenvalue weighted by atomic mass is 35.5. The molecule has 2 atom stereocenters. The molecule has 0 spiro atoms. The first-order valence-electron chi connectivity index (χ1n) is 10.5. The molecule has 6 nitrogen and oxygen atoms in total. The lowest BCUT2D eigenvalue weighted by atomic mass is 9.79. The smallest absolute Gasteiger partial charge is 0.303 e. The van der Waals surface area contributed by atoms with Gasteiger partial charge in [0.15, 0.2) is 17.3 Å². The molecule has 3 aliphatic rings. The van der Waals surface area contributed by atoms with Crippen LogP contribution in [0.3, 0.4) is 0 Å². The maximum Gasteiger partial charge on any atom is 0.303 e. The molecule has 1 saturated heterocycles. The number of Topliss-reactive ketones (excluding diaryl/α,β-unsaturated/α-hetero) is 2. The number of carbonyl (C=O) groups is 3. The van der Waals surface area contributed by atoms with Crippen LogP contribution in [0.25, 0.3) is 0 Å². The second-order valence-electron chi connectivity index (χ2n) is 7.70. The van der Waals surface area contributed by atoms with Crippen LogP contribution in [-0.4, -0.2) is 52.2 Å². The third-order valence-electron chi connectivity index (χ3n) is 5.82. The number of carbonyl (C=O) groups excluding carboxylic acids is 3. The van der Waals surface area contributed by atoms with Crippen LogP contribution in [0.15, 0.2) is 47.2 Å². The second-order valence-corrected chi connectivity index (χ2v) is 8.20. The van der Waals surface area contributed by atoms with Gasteiger partial charge in [-0.25, -0.2) is 5.01 Å². The predicted molar refractivity (Wildman–Crippen MR) is 113 cm³/mol. The molecular formula is C23H25ClN2O4. The summed E-state index contributed by atoms with van der Waals surface area (Å²) in [6.07, 6.45) is 3.83. The summed E-state index contributed by atoms with van der Waals surface area (Å²) in [5.41, 5.74) is 1.15. The first-order valence-corrected chi connectivity index (χ1v) is 10.9. The van der Waals surface area contributed by atoms with Gasteiger partial charge < -0.3 is 4.74 Å². The van der Waals surface area contributed by atoms with Gasteiger partial charge in [0.1, 0.15) is 11.6 Å². The van der Waals surface area contributed by atoms with E-state index in [1.54, 1.807) is 29.3 Å². The fraction of sp³-hybridized carbons (Fsp3) is 0.435. The van der Waals surface area contributed by atoms with Crippen LogP contribution in [0.4, 0.5) is 0 Å². The molecule has 158 valence electrons. The number of hydrogen-bond donors (Lipinski definition) is 0. The number of nitrogens with zero attached hydrogens (tertiary/aromatic N) is 2. The van der Waals surface area contributed by atoms with Crippen molar-refractivity contribution < 1.29 is 19.1 Å². The number of halogens is 1. The van der Waals surface area contributed by atoms with Crippen molar-refractivity contribution >= 4 is 29.1 Å². The molecule has 1 amide bonds. The van der Waals surface area contributed by atoms with E-state index in [2.05, 4.69) is 0 Å². The number of hydrazine groups is 1. The highest BCUT2D eigenvalue weighted by Gasteiger charge is 2.41. The summed E-state index contributed by atoms with van der Waals surface area (Å²) in [6.45, 7) is 4.98. The van der Waals surface area contributed by atoms with Crippen molar-refractivity contribution in [3.05, 3.63) is 58.4 Å². The van der Waals surface area contributed by atoms with Crippen LogP contribution in [0.1, 0.15) is 60.2 Å². The van der Waals surface area contributed by atoms with Gasteiger partial charge in [-0.2, -0.15) is 0 Å². The van der Waals surface area contributed by atoms with Crippen molar-refractivity contribution in [1.29, 1.82) is 0 Å². The fourth-order valence-corrected chi connectivity index (χ4v) is 4.74. The van der Waals surface area contributed by atoms with E-state index in [4.69, 9.17) is 16.3 Å². The fourth-order valence-electron chi connectivity index (χ4n) is 4.38. The molecule has 2 heterocycles. The summed E-state index contributed by atoms with van der Waals surface area (Å²) in [6, 6.07) is 6.80. The molecule has 1 fully saturated rings. The Kier molecular flexibility index (Phi) is 5.80. The molecule has 0 N–H and O–H groups in total. The Morgan fingerprint density at radius 2 is 1.90 bits per heavy atom. The molecule has 0 radical (unpaired) electrons. The van der Waals surface area contributed by atoms with E-state index in [0.717, 1.165) is 19.3 Å². The Balaban J connectivity index is 1.75. The molecule has 1 aromatic carbocycles. The number of allylic oxidation sites excluding steroid dienone is 2. The highest BCUT2D eigenvalue weighted by Crippen LogP contribution is 2.36. The molecule has 2 aliphatic heterocycles. The summed E-state index contributed by atoms with van der Waals surface area (Å²) in [7, 11) is 0. The van der Waals surface area contributed by atoms with Gasteiger partial charge in [0, 0.05) is 29.8 Å². The number of benzene rings is 1. The quantitative estimate of drug-likeness (QED) is 0.526. The van der Waals surface area contributed by atoms with E-state index in [9.17, 15) is 14.4 Å². The van der Waals surface area contributed by atoms with Crippen molar-refractivity contribution in [2.75, 3.05) is 13.1 Å². The number of rotatable bonds is 5. The Morgan fingerprint density at radius 1 is 1.20 bits per heavy atom. The van der Waals surface area contributed by atoms with Crippen molar-refractivity contribution in [2.45, 2.75) is 51.1 Å². The molecule has 0 saturated carbocycles. The van der Waals surface area contributed by atoms with Crippen LogP contribution in [0.2, 0.25) is 0 Å². The lowest BCUT2D eigenvalue weighted by molar-refractivity contribution is -0.148. The number of ketones is 2. The van der Waals surface area contributed by atoms with Gasteiger partial charge in [-0.3, -0.25) is 19.4 Å². The number of hydrogen-bond acceptors (Lipinski definition) is 5. The molecule has 30 heavy (non-hydrogen) atoms. The SMILES string of the molecule is CCCC1OC(C(=O)N(CC)N2CCCC2Cl)=CC2=C1C(=O)c1ccccc1C2=O. The van der Waals surface area contributed by atoms with E-state index >= 15 is 0 Å². The average molecular weight is 429 g/mol. The largest absolute Gasteiger partial charge is 0.480 e. The van der Waals surface area contributed by atoms with E-state index in [-0.39, 0.29) is 34.3 Å². The zero-order valence-corrected chi connectivity index (χ0v) is 17.9. The average Bonchev–Trinajstić information content (AvgIpc) is 3.18. The van der Waals surface area contributed by atoms with Gasteiger partial charge in [-0.1, -0.05) is 37.6 Å². The van der Waals surface area contributed by atoms with Crippen LogP contribution in [0, 0.1) is 0 Å². The van der Waals surface area contributed by atoms with E-state index in [0.29, 0.717) is 36.2 Å². The Bertz CT molecular complexity index is 968. The van der Waals surface area contributed by atoms with Gasteiger partial charge >= 0.3 is 5.91 Å². The highest BCUT2D eigenvalue weighted by molar-refractivity contribution is 6.28. The van der Waals surface area contributed by atoms with E-state index in [1.807, 2.05) is 18.9 Å². The Labute approximate surface area is 181 Å². The minimum Gasteiger partial charge on any atom is -0.480 e. The summed E-state index contributed by atoms with van der Waals surface area (Å²) in [5.74, 6) is -0.689. The van der Waals surface area contributed by atoms with Gasteiger partial charge in [0.25, 0.3) is 0 Å². The molecule has 0 aromatic heterocycles. The van der Waals surface area contributed by atoms with Crippen molar-refractivity contribution in [3.8, 4) is 0 Å². The normalized spacial score (nSPS) is 23.6. The second kappa shape index (κ2) is 8.36. The maximum atomic E-state index is 13.3. The van der Waals surface area contributed by atoms with Crippen LogP contribution in [-0.2, 0) is 9.53 Å². The number of ether oxygens (including phenoxy) is 1. The van der Waals surface area contributed by atoms with Crippen molar-refractivity contribution in [1.82, 2.24) is 10.0 Å². The summed E-state index contributed by atoms with van der Waals surface area (Å²) >= 11 is 6.39. The van der Waals surface area contributed by atoms with Crippen LogP contribution >= 0.6 is 11.6 Å². The molecule has 0 bridgehead atoms. The molecular weight excluding hydrogens is 404 g/mol. The first kappa shape index (κ1) is 20.8. The third-order valence-corrected chi connectivity index (χ3v) is 6.26. The zero-order valence-electron chi connectivity index (χ0n) is 17.2. The third kappa shape index (κ3) is 3.38. The summed E-state index contributed by atoms with van der Waals surface area (Å²) in [4.78, 5) is 39.7. The lowest BCUT2D eigenvalue weighted by Gasteiger charge is -2.36. The Morgan fingerprint density at radius 3 is 2.50 bits per heavy atom. The molecule has 7 heteroatoms. The van der Waals surface area contributed by atoms with Crippen LogP contribution in [0.5, 0.6) is 0 Å². The monoisotopic (exact) mass is 428 g/mol. The van der Waals surface area contributed by atoms with Gasteiger partial charge in [-0.15, -0.1) is 11.6 Å². The molecule has 4 rings (SSSR count). The number of alkyl halides is 1. The molecule has 1 aliphatic carbocycles. The van der Waals surface area contributed by atoms with Crippen molar-refractivity contribution in [2.24, 2.45) is 0 Å². The topological polar surface area (TPSA) is 66.9 Å². The lowest BCUT2D eigenvalue weighted by Crippen LogP contribution is -2.49. The standard InChI is InChI=1S/C23H25ClN2O4/c1-3-8-17-20-16(21(27)14-9-5-6-10-15(14)22(20)28)13-18(30-17)23(29)25(4-2)26-12-7-11-19(26)24/h5-6,9-10,13,17,19H,3-4,7-8,11-12H2,1-2H3. The van der Waals surface area contributed by atoms with Crippen molar-refractivity contribution in [3.63, 3.8) is 0 Å². The molecule has 2 unspecified atom stereocenters. The minimum absolute atomic E-state index is 0.0883. The first-order chi connectivity index (χ1) is 14.5. The van der Waals surface area contributed by atoms with E-state index in [1.165, 1.54) is 6.08 Å². The minimum atomic E-state index is -0.622. The summed E-state index contributed by atoms with van der Waals surface area (Å²) in [5, 5.41) is 3.42. The zero-order chi connectivity index (χ0) is 21.4. The maximum absolute atomic E-state index is 13.3.